The van der Waals surface area contributed by atoms with Gasteiger partial charge in [-0.25, -0.2) is 9.59 Å². The van der Waals surface area contributed by atoms with Crippen LogP contribution < -0.4 is 20.3 Å². The van der Waals surface area contributed by atoms with Crippen molar-refractivity contribution in [3.05, 3.63) is 89.0 Å². The summed E-state index contributed by atoms with van der Waals surface area (Å²) in [5, 5.41) is 23.2. The van der Waals surface area contributed by atoms with Crippen LogP contribution in [0.5, 0.6) is 5.75 Å². The number of nitrogens with zero attached hydrogens (tertiary/aromatic N) is 1. The second-order valence-corrected chi connectivity index (χ2v) is 12.2. The Morgan fingerprint density at radius 2 is 1.60 bits per heavy atom. The van der Waals surface area contributed by atoms with Crippen LogP contribution in [0.3, 0.4) is 0 Å². The van der Waals surface area contributed by atoms with E-state index in [-0.39, 0.29) is 36.1 Å². The maximum Gasteiger partial charge on any atom is 0.420 e. The van der Waals surface area contributed by atoms with Crippen LogP contribution in [0.2, 0.25) is 0 Å². The molecule has 2 saturated carbocycles. The number of aliphatic hydroxyl groups is 1. The van der Waals surface area contributed by atoms with Gasteiger partial charge in [0.05, 0.1) is 25.3 Å². The molecule has 4 N–H and O–H groups in total. The molecule has 250 valence electrons. The first-order valence-corrected chi connectivity index (χ1v) is 15.8. The van der Waals surface area contributed by atoms with Crippen LogP contribution >= 0.6 is 0 Å². The lowest BCUT2D eigenvalue weighted by Gasteiger charge is -2.26. The second-order valence-electron chi connectivity index (χ2n) is 12.2. The van der Waals surface area contributed by atoms with Gasteiger partial charge in [0.15, 0.2) is 6.10 Å². The Labute approximate surface area is 270 Å². The first-order chi connectivity index (χ1) is 22.5. The number of benzene rings is 3. The Hall–Kier alpha value is -4.58. The van der Waals surface area contributed by atoms with E-state index in [1.807, 2.05) is 24.3 Å². The molecule has 3 aromatic carbocycles. The van der Waals surface area contributed by atoms with Crippen LogP contribution in [0.1, 0.15) is 77.9 Å². The fourth-order valence-electron chi connectivity index (χ4n) is 5.60. The molecule has 0 unspecified atom stereocenters. The molecule has 2 aliphatic rings. The lowest BCUT2D eigenvalue weighted by Crippen LogP contribution is -2.36. The lowest BCUT2D eigenvalue weighted by atomic mass is 9.84. The summed E-state index contributed by atoms with van der Waals surface area (Å²) >= 11 is 0. The number of urea groups is 1. The van der Waals surface area contributed by atoms with Gasteiger partial charge in [-0.3, -0.25) is 9.69 Å². The largest absolute Gasteiger partial charge is 0.493 e. The lowest BCUT2D eigenvalue weighted by molar-refractivity contribution is -0.146. The zero-order valence-electron chi connectivity index (χ0n) is 25.8. The minimum Gasteiger partial charge on any atom is -0.493 e. The molecule has 47 heavy (non-hydrogen) atoms. The highest BCUT2D eigenvalue weighted by Crippen LogP contribution is 2.39. The second kappa shape index (κ2) is 14.9. The molecule has 0 saturated heterocycles. The van der Waals surface area contributed by atoms with Gasteiger partial charge in [-0.1, -0.05) is 43.5 Å². The number of aliphatic hydroxyl groups excluding tert-OH is 1. The van der Waals surface area contributed by atoms with Crippen LogP contribution in [0, 0.1) is 5.92 Å². The molecule has 3 amide bonds. The van der Waals surface area contributed by atoms with E-state index in [0.717, 1.165) is 31.7 Å². The summed E-state index contributed by atoms with van der Waals surface area (Å²) in [4.78, 5) is 38.4. The number of carbonyl (C=O) groups excluding carboxylic acids is 2. The quantitative estimate of drug-likeness (QED) is 0.167. The fourth-order valence-corrected chi connectivity index (χ4v) is 5.60. The average Bonchev–Trinajstić information content (AvgIpc) is 3.90. The number of hydrogen-bond donors (Lipinski definition) is 4. The number of rotatable bonds is 12. The predicted molar refractivity (Wildman–Crippen MR) is 170 cm³/mol. The Kier molecular flexibility index (Phi) is 10.7. The Balaban J connectivity index is 1.35. The van der Waals surface area contributed by atoms with Gasteiger partial charge in [0.1, 0.15) is 5.75 Å². The molecule has 2 fully saturated rings. The van der Waals surface area contributed by atoms with Gasteiger partial charge in [0, 0.05) is 16.9 Å². The average molecular weight is 654 g/mol. The number of nitrogens with one attached hydrogen (secondary N) is 2. The maximum absolute atomic E-state index is 14.0. The van der Waals surface area contributed by atoms with Crippen LogP contribution in [0.15, 0.2) is 66.7 Å². The zero-order chi connectivity index (χ0) is 33.6. The Morgan fingerprint density at radius 3 is 2.21 bits per heavy atom. The Morgan fingerprint density at radius 1 is 0.915 bits per heavy atom. The molecule has 0 radical (unpaired) electrons. The number of carbonyl (C=O) groups is 3. The fraction of sp³-hybridized carbons (Fsp3) is 0.400. The molecule has 3 aromatic rings. The van der Waals surface area contributed by atoms with E-state index in [2.05, 4.69) is 10.6 Å². The smallest absolute Gasteiger partial charge is 0.420 e. The number of carboxylic acids is 1. The summed E-state index contributed by atoms with van der Waals surface area (Å²) in [6.07, 6.45) is 1.18. The van der Waals surface area contributed by atoms with Crippen molar-refractivity contribution in [2.24, 2.45) is 5.92 Å². The number of carboxylic acid groups (broad SMARTS) is 1. The first-order valence-electron chi connectivity index (χ1n) is 15.8. The van der Waals surface area contributed by atoms with Crippen molar-refractivity contribution in [2.75, 3.05) is 23.4 Å². The summed E-state index contributed by atoms with van der Waals surface area (Å²) in [5.41, 5.74) is 1.53. The van der Waals surface area contributed by atoms with Crippen molar-refractivity contribution in [3.63, 3.8) is 0 Å². The number of amides is 3. The third kappa shape index (κ3) is 9.25. The first kappa shape index (κ1) is 33.8. The molecule has 12 heteroatoms. The van der Waals surface area contributed by atoms with E-state index in [1.54, 1.807) is 12.1 Å². The third-order valence-electron chi connectivity index (χ3n) is 8.53. The van der Waals surface area contributed by atoms with Crippen molar-refractivity contribution in [1.82, 2.24) is 5.32 Å². The van der Waals surface area contributed by atoms with Crippen LogP contribution in [0.25, 0.3) is 0 Å². The molecule has 9 nitrogen and oxygen atoms in total. The van der Waals surface area contributed by atoms with Crippen LogP contribution in [-0.2, 0) is 17.5 Å². The van der Waals surface area contributed by atoms with Crippen molar-refractivity contribution in [2.45, 2.75) is 69.7 Å². The molecule has 0 spiro atoms. The molecule has 0 aromatic heterocycles. The van der Waals surface area contributed by atoms with Crippen LogP contribution in [-0.4, -0.2) is 47.4 Å². The van der Waals surface area contributed by atoms with Gasteiger partial charge < -0.3 is 25.6 Å². The van der Waals surface area contributed by atoms with Gasteiger partial charge >= 0.3 is 18.2 Å². The molecule has 5 rings (SSSR count). The van der Waals surface area contributed by atoms with E-state index >= 15 is 0 Å². The summed E-state index contributed by atoms with van der Waals surface area (Å²) in [6.45, 7) is -0.225. The van der Waals surface area contributed by atoms with Gasteiger partial charge in [0.25, 0.3) is 5.91 Å². The van der Waals surface area contributed by atoms with Crippen molar-refractivity contribution < 1.29 is 42.5 Å². The van der Waals surface area contributed by atoms with E-state index in [1.165, 1.54) is 54.0 Å². The summed E-state index contributed by atoms with van der Waals surface area (Å²) in [7, 11) is 0. The highest BCUT2D eigenvalue weighted by atomic mass is 19.4. The summed E-state index contributed by atoms with van der Waals surface area (Å²) in [6, 6.07) is 16.7. The molecule has 0 aliphatic heterocycles. The van der Waals surface area contributed by atoms with Gasteiger partial charge in [-0.15, -0.1) is 0 Å². The third-order valence-corrected chi connectivity index (χ3v) is 8.53. The normalized spacial score (nSPS) is 15.8. The minimum atomic E-state index is -4.69. The zero-order valence-corrected chi connectivity index (χ0v) is 25.8. The topological polar surface area (TPSA) is 128 Å². The molecule has 0 bridgehead atoms. The van der Waals surface area contributed by atoms with Crippen molar-refractivity contribution >= 4 is 29.3 Å². The molecule has 1 atom stereocenters. The highest BCUT2D eigenvalue weighted by Gasteiger charge is 2.36. The van der Waals surface area contributed by atoms with Crippen molar-refractivity contribution in [3.8, 4) is 5.75 Å². The number of aliphatic carboxylic acids is 1. The van der Waals surface area contributed by atoms with E-state index in [9.17, 15) is 32.7 Å². The van der Waals surface area contributed by atoms with Gasteiger partial charge in [-0.05, 0) is 91.1 Å². The van der Waals surface area contributed by atoms with E-state index in [4.69, 9.17) is 9.84 Å². The van der Waals surface area contributed by atoms with Crippen LogP contribution in [0.4, 0.5) is 29.3 Å². The number of alkyl halides is 3. The van der Waals surface area contributed by atoms with Crippen molar-refractivity contribution in [1.29, 1.82) is 0 Å². The highest BCUT2D eigenvalue weighted by molar-refractivity contribution is 6.02. The number of anilines is 2. The minimum absolute atomic E-state index is 0.0307. The Bertz CT molecular complexity index is 1550. The number of hydrogen-bond acceptors (Lipinski definition) is 5. The maximum atomic E-state index is 14.0. The van der Waals surface area contributed by atoms with E-state index in [0.29, 0.717) is 17.2 Å². The molecular formula is C35H38F3N3O6. The predicted octanol–water partition coefficient (Wildman–Crippen LogP) is 6.96. The number of halogens is 3. The summed E-state index contributed by atoms with van der Waals surface area (Å²) < 4.78 is 47.3. The number of ether oxygens (including phenoxy) is 1. The van der Waals surface area contributed by atoms with Gasteiger partial charge in [-0.2, -0.15) is 13.2 Å². The molecule has 2 aliphatic carbocycles. The molecule has 0 heterocycles. The standard InChI is InChI=1S/C35H38F3N3O6/c36-35(37,38)29-18-27(14-17-31(29)47-21-23-6-7-23)40-34(46)41(28-15-12-25(13-16-28)24-4-2-1-3-5-24)20-22-8-10-26(11-9-22)32(43)39-19-30(42)33(44)45/h8-18,23-24,30,42H,1-7,19-21H2,(H,39,43)(H,40,46)(H,44,45)/t30-/m1/s1. The van der Waals surface area contributed by atoms with E-state index < -0.39 is 42.3 Å². The summed E-state index contributed by atoms with van der Waals surface area (Å²) in [5.74, 6) is -1.62. The molecular weight excluding hydrogens is 615 g/mol. The SMILES string of the molecule is O=C(NC[C@@H](O)C(=O)O)c1ccc(CN(C(=O)Nc2ccc(OCC3CC3)c(C(F)(F)F)c2)c2ccc(C3CCCCC3)cc2)cc1. The monoisotopic (exact) mass is 653 g/mol. The van der Waals surface area contributed by atoms with Gasteiger partial charge in [0.2, 0.25) is 0 Å².